The Balaban J connectivity index is 0.00000364. The zero-order valence-electron chi connectivity index (χ0n) is 15.5. The molecule has 1 amide bonds. The second kappa shape index (κ2) is 9.38. The van der Waals surface area contributed by atoms with Gasteiger partial charge in [0.25, 0.3) is 0 Å². The predicted octanol–water partition coefficient (Wildman–Crippen LogP) is 0.687. The van der Waals surface area contributed by atoms with Gasteiger partial charge in [0.05, 0.1) is 14.2 Å². The number of methoxy groups -OCH3 is 2. The van der Waals surface area contributed by atoms with E-state index in [0.717, 1.165) is 6.26 Å². The fraction of sp³-hybridized carbons (Fsp3) is 0.529. The first-order valence-electron chi connectivity index (χ1n) is 8.19. The average Bonchev–Trinajstić information content (AvgIpc) is 2.64. The molecule has 0 aliphatic carbocycles. The Morgan fingerprint density at radius 3 is 2.37 bits per heavy atom. The van der Waals surface area contributed by atoms with E-state index in [1.54, 1.807) is 18.2 Å². The van der Waals surface area contributed by atoms with Gasteiger partial charge in [0.1, 0.15) is 11.3 Å². The second-order valence-corrected chi connectivity index (χ2v) is 8.55. The molecule has 27 heavy (non-hydrogen) atoms. The zero-order chi connectivity index (χ0) is 19.4. The van der Waals surface area contributed by atoms with Gasteiger partial charge in [-0.2, -0.15) is 0 Å². The van der Waals surface area contributed by atoms with Crippen molar-refractivity contribution in [2.45, 2.75) is 24.1 Å². The van der Waals surface area contributed by atoms with Crippen LogP contribution in [0, 0.1) is 0 Å². The third-order valence-corrected chi connectivity index (χ3v) is 6.67. The first-order chi connectivity index (χ1) is 12.2. The van der Waals surface area contributed by atoms with E-state index in [9.17, 15) is 18.0 Å². The highest BCUT2D eigenvalue weighted by molar-refractivity contribution is 7.92. The molecule has 1 fully saturated rings. The SMILES string of the molecule is COC(=O)c1cc(CNC(=O)C2(S(C)(=O)=O)CCNCC2)ccc1OC.Cl. The normalized spacial score (nSPS) is 16.0. The topological polar surface area (TPSA) is 111 Å². The summed E-state index contributed by atoms with van der Waals surface area (Å²) >= 11 is 0. The maximum absolute atomic E-state index is 12.7. The van der Waals surface area contributed by atoms with Gasteiger partial charge in [-0.3, -0.25) is 4.79 Å². The van der Waals surface area contributed by atoms with Gasteiger partial charge in [-0.15, -0.1) is 12.4 Å². The Labute approximate surface area is 165 Å². The number of nitrogens with one attached hydrogen (secondary N) is 2. The van der Waals surface area contributed by atoms with Gasteiger partial charge in [0, 0.05) is 12.8 Å². The van der Waals surface area contributed by atoms with Crippen LogP contribution in [0.25, 0.3) is 0 Å². The number of carbonyl (C=O) groups is 2. The van der Waals surface area contributed by atoms with Gasteiger partial charge >= 0.3 is 5.97 Å². The van der Waals surface area contributed by atoms with E-state index < -0.39 is 26.5 Å². The minimum absolute atomic E-state index is 0. The number of halogens is 1. The molecule has 0 bridgehead atoms. The number of carbonyl (C=O) groups excluding carboxylic acids is 2. The Morgan fingerprint density at radius 2 is 1.85 bits per heavy atom. The first kappa shape index (κ1) is 23.2. The van der Waals surface area contributed by atoms with Crippen LogP contribution in [0.3, 0.4) is 0 Å². The van der Waals surface area contributed by atoms with E-state index in [-0.39, 0.29) is 37.4 Å². The van der Waals surface area contributed by atoms with Crippen LogP contribution < -0.4 is 15.4 Å². The van der Waals surface area contributed by atoms with Crippen molar-refractivity contribution in [3.63, 3.8) is 0 Å². The molecule has 1 saturated heterocycles. The van der Waals surface area contributed by atoms with E-state index in [1.165, 1.54) is 14.2 Å². The van der Waals surface area contributed by atoms with Crippen LogP contribution in [0.5, 0.6) is 5.75 Å². The summed E-state index contributed by atoms with van der Waals surface area (Å²) in [6, 6.07) is 4.85. The molecular weight excluding hydrogens is 396 g/mol. The highest BCUT2D eigenvalue weighted by atomic mass is 35.5. The zero-order valence-corrected chi connectivity index (χ0v) is 17.2. The molecule has 10 heteroatoms. The largest absolute Gasteiger partial charge is 0.496 e. The molecule has 0 spiro atoms. The molecule has 0 atom stereocenters. The molecule has 8 nitrogen and oxygen atoms in total. The molecule has 0 saturated carbocycles. The van der Waals surface area contributed by atoms with E-state index in [0.29, 0.717) is 24.4 Å². The fourth-order valence-corrected chi connectivity index (χ4v) is 4.43. The number of hydrogen-bond donors (Lipinski definition) is 2. The Bertz CT molecular complexity index is 791. The summed E-state index contributed by atoms with van der Waals surface area (Å²) in [6.45, 7) is 1.03. The number of rotatable bonds is 6. The van der Waals surface area contributed by atoms with Crippen molar-refractivity contribution in [3.8, 4) is 5.75 Å². The minimum Gasteiger partial charge on any atom is -0.496 e. The van der Waals surface area contributed by atoms with Gasteiger partial charge in [0.2, 0.25) is 5.91 Å². The average molecular weight is 421 g/mol. The predicted molar refractivity (Wildman–Crippen MR) is 103 cm³/mol. The number of sulfone groups is 1. The number of hydrogen-bond acceptors (Lipinski definition) is 7. The lowest BCUT2D eigenvalue weighted by Gasteiger charge is -2.34. The summed E-state index contributed by atoms with van der Waals surface area (Å²) in [5.74, 6) is -0.712. The summed E-state index contributed by atoms with van der Waals surface area (Å²) in [5.41, 5.74) is 0.874. The number of amides is 1. The highest BCUT2D eigenvalue weighted by Crippen LogP contribution is 2.28. The second-order valence-electron chi connectivity index (χ2n) is 6.23. The summed E-state index contributed by atoms with van der Waals surface area (Å²) < 4.78 is 33.0. The third-order valence-electron chi connectivity index (χ3n) is 4.66. The molecule has 0 aromatic heterocycles. The molecule has 0 radical (unpaired) electrons. The summed E-state index contributed by atoms with van der Waals surface area (Å²) in [7, 11) is -0.866. The van der Waals surface area contributed by atoms with Crippen LogP contribution in [0.15, 0.2) is 18.2 Å². The molecule has 0 unspecified atom stereocenters. The Hall–Kier alpha value is -1.84. The maximum Gasteiger partial charge on any atom is 0.341 e. The molecule has 1 aromatic rings. The lowest BCUT2D eigenvalue weighted by Crippen LogP contribution is -2.57. The number of esters is 1. The molecule has 2 N–H and O–H groups in total. The van der Waals surface area contributed by atoms with Gasteiger partial charge in [-0.1, -0.05) is 6.07 Å². The van der Waals surface area contributed by atoms with Crippen molar-refractivity contribution in [1.29, 1.82) is 0 Å². The smallest absolute Gasteiger partial charge is 0.341 e. The van der Waals surface area contributed by atoms with Crippen molar-refractivity contribution in [1.82, 2.24) is 10.6 Å². The number of ether oxygens (including phenoxy) is 2. The van der Waals surface area contributed by atoms with E-state index >= 15 is 0 Å². The van der Waals surface area contributed by atoms with Crippen molar-refractivity contribution < 1.29 is 27.5 Å². The monoisotopic (exact) mass is 420 g/mol. The molecule has 1 aliphatic rings. The van der Waals surface area contributed by atoms with Crippen molar-refractivity contribution in [2.24, 2.45) is 0 Å². The third kappa shape index (κ3) is 4.91. The van der Waals surface area contributed by atoms with Crippen molar-refractivity contribution in [2.75, 3.05) is 33.6 Å². The molecule has 2 rings (SSSR count). The van der Waals surface area contributed by atoms with Crippen LogP contribution in [0.2, 0.25) is 0 Å². The summed E-state index contributed by atoms with van der Waals surface area (Å²) in [4.78, 5) is 24.5. The Kier molecular flexibility index (Phi) is 8.06. The molecule has 1 aliphatic heterocycles. The van der Waals surface area contributed by atoms with Crippen LogP contribution in [-0.4, -0.2) is 58.6 Å². The number of piperidine rings is 1. The first-order valence-corrected chi connectivity index (χ1v) is 10.1. The lowest BCUT2D eigenvalue weighted by molar-refractivity contribution is -0.124. The molecule has 1 aromatic carbocycles. The van der Waals surface area contributed by atoms with Gasteiger partial charge in [-0.05, 0) is 43.6 Å². The van der Waals surface area contributed by atoms with E-state index in [2.05, 4.69) is 10.6 Å². The van der Waals surface area contributed by atoms with Gasteiger partial charge < -0.3 is 20.1 Å². The highest BCUT2D eigenvalue weighted by Gasteiger charge is 2.48. The van der Waals surface area contributed by atoms with E-state index in [4.69, 9.17) is 9.47 Å². The van der Waals surface area contributed by atoms with Gasteiger partial charge in [-0.25, -0.2) is 13.2 Å². The fourth-order valence-electron chi connectivity index (χ4n) is 3.07. The Morgan fingerprint density at radius 1 is 1.22 bits per heavy atom. The van der Waals surface area contributed by atoms with Crippen LogP contribution in [-0.2, 0) is 25.9 Å². The van der Waals surface area contributed by atoms with Crippen molar-refractivity contribution in [3.05, 3.63) is 29.3 Å². The molecular formula is C17H25ClN2O6S. The van der Waals surface area contributed by atoms with Crippen molar-refractivity contribution >= 4 is 34.1 Å². The standard InChI is InChI=1S/C17H24N2O6S.ClH/c1-24-14-5-4-12(10-13(14)15(20)25-2)11-19-16(21)17(26(3,22)23)6-8-18-9-7-17;/h4-5,10,18H,6-9,11H2,1-3H3,(H,19,21);1H. The van der Waals surface area contributed by atoms with Crippen LogP contribution >= 0.6 is 12.4 Å². The van der Waals surface area contributed by atoms with Gasteiger partial charge in [0.15, 0.2) is 14.6 Å². The minimum atomic E-state index is -3.57. The molecule has 1 heterocycles. The van der Waals surface area contributed by atoms with E-state index in [1.807, 2.05) is 0 Å². The van der Waals surface area contributed by atoms with Crippen LogP contribution in [0.1, 0.15) is 28.8 Å². The lowest BCUT2D eigenvalue weighted by atomic mass is 9.95. The number of benzene rings is 1. The quantitative estimate of drug-likeness (QED) is 0.651. The summed E-state index contributed by atoms with van der Waals surface area (Å²) in [5, 5.41) is 5.77. The molecule has 152 valence electrons. The summed E-state index contributed by atoms with van der Waals surface area (Å²) in [6.07, 6.45) is 1.56. The maximum atomic E-state index is 12.7. The van der Waals surface area contributed by atoms with Crippen LogP contribution in [0.4, 0.5) is 0 Å².